The summed E-state index contributed by atoms with van der Waals surface area (Å²) in [5.41, 5.74) is 1.26. The van der Waals surface area contributed by atoms with E-state index < -0.39 is 0 Å². The monoisotopic (exact) mass is 193 g/mol. The van der Waals surface area contributed by atoms with E-state index >= 15 is 0 Å². The largest absolute Gasteiger partial charge is 0.380 e. The van der Waals surface area contributed by atoms with Crippen molar-refractivity contribution in [3.63, 3.8) is 0 Å². The lowest BCUT2D eigenvalue weighted by molar-refractivity contribution is -0.0924. The van der Waals surface area contributed by atoms with Crippen molar-refractivity contribution < 1.29 is 4.74 Å². The molecule has 1 aromatic heterocycles. The Morgan fingerprint density at radius 2 is 2.29 bits per heavy atom. The first-order valence-corrected chi connectivity index (χ1v) is 4.78. The quantitative estimate of drug-likeness (QED) is 0.784. The normalized spacial score (nSPS) is 18.7. The van der Waals surface area contributed by atoms with Gasteiger partial charge in [-0.15, -0.1) is 0 Å². The highest BCUT2D eigenvalue weighted by Gasteiger charge is 2.32. The van der Waals surface area contributed by atoms with Crippen molar-refractivity contribution in [2.75, 3.05) is 25.1 Å². The molecular formula is C10H15N3O. The zero-order valence-electron chi connectivity index (χ0n) is 8.58. The van der Waals surface area contributed by atoms with E-state index in [-0.39, 0.29) is 5.41 Å². The van der Waals surface area contributed by atoms with E-state index in [1.807, 2.05) is 13.0 Å². The Balaban J connectivity index is 1.91. The van der Waals surface area contributed by atoms with Crippen LogP contribution in [0.2, 0.25) is 0 Å². The molecule has 0 atom stereocenters. The van der Waals surface area contributed by atoms with Crippen LogP contribution in [-0.4, -0.2) is 29.7 Å². The summed E-state index contributed by atoms with van der Waals surface area (Å²) < 4.78 is 5.18. The molecular weight excluding hydrogens is 178 g/mol. The van der Waals surface area contributed by atoms with Crippen molar-refractivity contribution in [1.82, 2.24) is 9.97 Å². The Hall–Kier alpha value is -1.16. The first-order valence-electron chi connectivity index (χ1n) is 4.78. The van der Waals surface area contributed by atoms with Crippen LogP contribution < -0.4 is 5.32 Å². The first kappa shape index (κ1) is 9.40. The van der Waals surface area contributed by atoms with Crippen molar-refractivity contribution in [3.05, 3.63) is 18.1 Å². The van der Waals surface area contributed by atoms with Crippen LogP contribution in [0, 0.1) is 12.3 Å². The lowest BCUT2D eigenvalue weighted by Gasteiger charge is -2.38. The van der Waals surface area contributed by atoms with E-state index in [0.29, 0.717) is 0 Å². The van der Waals surface area contributed by atoms with Crippen LogP contribution in [0.3, 0.4) is 0 Å². The molecule has 1 aromatic rings. The number of rotatable bonds is 3. The number of hydrogen-bond donors (Lipinski definition) is 1. The van der Waals surface area contributed by atoms with Crippen LogP contribution in [0.5, 0.6) is 0 Å². The Kier molecular flexibility index (Phi) is 2.37. The first-order chi connectivity index (χ1) is 6.68. The summed E-state index contributed by atoms with van der Waals surface area (Å²) in [5.74, 6) is 0.894. The average Bonchev–Trinajstić information content (AvgIpc) is 2.12. The summed E-state index contributed by atoms with van der Waals surface area (Å²) in [6, 6.07) is 1.95. The molecule has 1 aliphatic heterocycles. The highest BCUT2D eigenvalue weighted by atomic mass is 16.5. The third-order valence-corrected chi connectivity index (χ3v) is 2.40. The molecule has 0 bridgehead atoms. The van der Waals surface area contributed by atoms with Crippen LogP contribution in [0.25, 0.3) is 0 Å². The van der Waals surface area contributed by atoms with E-state index in [1.165, 1.54) is 0 Å². The number of anilines is 1. The van der Waals surface area contributed by atoms with Gasteiger partial charge in [0.05, 0.1) is 13.2 Å². The summed E-state index contributed by atoms with van der Waals surface area (Å²) in [6.07, 6.45) is 1.58. The Morgan fingerprint density at radius 3 is 2.86 bits per heavy atom. The topological polar surface area (TPSA) is 47.0 Å². The smallest absolute Gasteiger partial charge is 0.129 e. The van der Waals surface area contributed by atoms with Gasteiger partial charge in [0, 0.05) is 23.7 Å². The van der Waals surface area contributed by atoms with E-state index in [4.69, 9.17) is 4.74 Å². The number of aromatic nitrogens is 2. The summed E-state index contributed by atoms with van der Waals surface area (Å²) >= 11 is 0. The minimum absolute atomic E-state index is 0.277. The molecule has 1 saturated heterocycles. The van der Waals surface area contributed by atoms with Gasteiger partial charge < -0.3 is 10.1 Å². The number of nitrogens with zero attached hydrogens (tertiary/aromatic N) is 2. The standard InChI is InChI=1S/C10H15N3O/c1-8-3-9(13-7-12-8)11-4-10(2)5-14-6-10/h3,7H,4-6H2,1-2H3,(H,11,12,13). The molecule has 0 amide bonds. The fourth-order valence-corrected chi connectivity index (χ4v) is 1.41. The Bertz CT molecular complexity index is 323. The number of hydrogen-bond acceptors (Lipinski definition) is 4. The molecule has 2 heterocycles. The lowest BCUT2D eigenvalue weighted by atomic mass is 9.89. The predicted molar refractivity (Wildman–Crippen MR) is 54.2 cm³/mol. The molecule has 14 heavy (non-hydrogen) atoms. The van der Waals surface area contributed by atoms with Gasteiger partial charge in [-0.2, -0.15) is 0 Å². The second-order valence-electron chi connectivity index (χ2n) is 4.20. The lowest BCUT2D eigenvalue weighted by Crippen LogP contribution is -2.45. The maximum absolute atomic E-state index is 5.18. The van der Waals surface area contributed by atoms with Gasteiger partial charge in [0.2, 0.25) is 0 Å². The maximum Gasteiger partial charge on any atom is 0.129 e. The summed E-state index contributed by atoms with van der Waals surface area (Å²) in [4.78, 5) is 8.18. The van der Waals surface area contributed by atoms with Gasteiger partial charge in [0.15, 0.2) is 0 Å². The minimum atomic E-state index is 0.277. The third-order valence-electron chi connectivity index (χ3n) is 2.40. The minimum Gasteiger partial charge on any atom is -0.380 e. The fraction of sp³-hybridized carbons (Fsp3) is 0.600. The molecule has 0 aromatic carbocycles. The highest BCUT2D eigenvalue weighted by Crippen LogP contribution is 2.26. The van der Waals surface area contributed by atoms with E-state index in [2.05, 4.69) is 22.2 Å². The number of nitrogens with one attached hydrogen (secondary N) is 1. The van der Waals surface area contributed by atoms with Crippen LogP contribution in [-0.2, 0) is 4.74 Å². The van der Waals surface area contributed by atoms with E-state index in [0.717, 1.165) is 31.3 Å². The third kappa shape index (κ3) is 2.01. The van der Waals surface area contributed by atoms with Crippen LogP contribution >= 0.6 is 0 Å². The van der Waals surface area contributed by atoms with Crippen LogP contribution in [0.4, 0.5) is 5.82 Å². The van der Waals surface area contributed by atoms with Crippen molar-refractivity contribution in [2.45, 2.75) is 13.8 Å². The van der Waals surface area contributed by atoms with Gasteiger partial charge in [-0.1, -0.05) is 6.92 Å². The molecule has 0 unspecified atom stereocenters. The van der Waals surface area contributed by atoms with Crippen molar-refractivity contribution >= 4 is 5.82 Å². The van der Waals surface area contributed by atoms with E-state index in [9.17, 15) is 0 Å². The highest BCUT2D eigenvalue weighted by molar-refractivity contribution is 5.34. The predicted octanol–water partition coefficient (Wildman–Crippen LogP) is 1.23. The maximum atomic E-state index is 5.18. The van der Waals surface area contributed by atoms with Gasteiger partial charge in [-0.25, -0.2) is 9.97 Å². The summed E-state index contributed by atoms with van der Waals surface area (Å²) in [7, 11) is 0. The van der Waals surface area contributed by atoms with Crippen molar-refractivity contribution in [3.8, 4) is 0 Å². The van der Waals surface area contributed by atoms with Crippen molar-refractivity contribution in [2.24, 2.45) is 5.41 Å². The summed E-state index contributed by atoms with van der Waals surface area (Å²) in [6.45, 7) is 6.75. The SMILES string of the molecule is Cc1cc(NCC2(C)COC2)ncn1. The molecule has 76 valence electrons. The molecule has 4 nitrogen and oxygen atoms in total. The molecule has 0 radical (unpaired) electrons. The second kappa shape index (κ2) is 3.53. The van der Waals surface area contributed by atoms with Gasteiger partial charge in [-0.05, 0) is 6.92 Å². The van der Waals surface area contributed by atoms with Gasteiger partial charge in [-0.3, -0.25) is 0 Å². The van der Waals surface area contributed by atoms with Crippen molar-refractivity contribution in [1.29, 1.82) is 0 Å². The number of ether oxygens (including phenoxy) is 1. The van der Waals surface area contributed by atoms with Gasteiger partial charge in [0.1, 0.15) is 12.1 Å². The molecule has 0 saturated carbocycles. The Labute approximate surface area is 83.7 Å². The summed E-state index contributed by atoms with van der Waals surface area (Å²) in [5, 5.41) is 3.30. The fourth-order valence-electron chi connectivity index (χ4n) is 1.41. The zero-order chi connectivity index (χ0) is 10.0. The van der Waals surface area contributed by atoms with E-state index in [1.54, 1.807) is 6.33 Å². The molecule has 1 fully saturated rings. The van der Waals surface area contributed by atoms with Gasteiger partial charge >= 0.3 is 0 Å². The molecule has 1 N–H and O–H groups in total. The van der Waals surface area contributed by atoms with Gasteiger partial charge in [0.25, 0.3) is 0 Å². The molecule has 0 spiro atoms. The molecule has 4 heteroatoms. The zero-order valence-corrected chi connectivity index (χ0v) is 8.58. The van der Waals surface area contributed by atoms with Crippen LogP contribution in [0.15, 0.2) is 12.4 Å². The molecule has 0 aliphatic carbocycles. The van der Waals surface area contributed by atoms with Crippen LogP contribution in [0.1, 0.15) is 12.6 Å². The second-order valence-corrected chi connectivity index (χ2v) is 4.20. The molecule has 2 rings (SSSR count). The average molecular weight is 193 g/mol. The molecule has 1 aliphatic rings. The Morgan fingerprint density at radius 1 is 1.50 bits per heavy atom. The number of aryl methyl sites for hydroxylation is 1.